The van der Waals surface area contributed by atoms with Crippen molar-refractivity contribution in [3.63, 3.8) is 0 Å². The molecule has 13 nitrogen and oxygen atoms in total. The molecule has 0 aliphatic heterocycles. The summed E-state index contributed by atoms with van der Waals surface area (Å²) in [5, 5.41) is 10.7. The van der Waals surface area contributed by atoms with Crippen molar-refractivity contribution in [2.45, 2.75) is 50.6 Å². The van der Waals surface area contributed by atoms with E-state index in [0.29, 0.717) is 16.4 Å². The lowest BCUT2D eigenvalue weighted by Gasteiger charge is -2.24. The number of nitrogens with zero attached hydrogens (tertiary/aromatic N) is 7. The molecule has 1 amide bonds. The topological polar surface area (TPSA) is 159 Å². The van der Waals surface area contributed by atoms with Crippen LogP contribution in [0.3, 0.4) is 0 Å². The predicted molar refractivity (Wildman–Crippen MR) is 190 cm³/mol. The van der Waals surface area contributed by atoms with Crippen LogP contribution in [0.4, 0.5) is 32.2 Å². The van der Waals surface area contributed by atoms with E-state index >= 15 is 8.78 Å². The van der Waals surface area contributed by atoms with Gasteiger partial charge in [0.15, 0.2) is 11.5 Å². The Morgan fingerprint density at radius 1 is 1.07 bits per heavy atom. The van der Waals surface area contributed by atoms with E-state index in [9.17, 15) is 35.6 Å². The Bertz CT molecular complexity index is 2810. The van der Waals surface area contributed by atoms with Crippen LogP contribution in [0.15, 0.2) is 47.3 Å². The number of aromatic nitrogens is 7. The molecule has 2 aliphatic carbocycles. The van der Waals surface area contributed by atoms with Crippen LogP contribution in [0.2, 0.25) is 5.02 Å². The maximum absolute atomic E-state index is 15.4. The van der Waals surface area contributed by atoms with E-state index in [1.54, 1.807) is 13.0 Å². The Morgan fingerprint density at radius 3 is 2.46 bits per heavy atom. The number of nitrogens with one attached hydrogen (secondary N) is 2. The average molecular weight is 820 g/mol. The van der Waals surface area contributed by atoms with Gasteiger partial charge in [-0.25, -0.2) is 35.9 Å². The highest BCUT2D eigenvalue weighted by molar-refractivity contribution is 7.92. The third-order valence-electron chi connectivity index (χ3n) is 9.81. The van der Waals surface area contributed by atoms with Crippen molar-refractivity contribution in [2.75, 3.05) is 11.0 Å². The number of amides is 1. The average Bonchev–Trinajstić information content (AvgIpc) is 3.63. The molecule has 2 aliphatic rings. The lowest BCUT2D eigenvalue weighted by atomic mass is 10.0. The van der Waals surface area contributed by atoms with Gasteiger partial charge in [-0.2, -0.15) is 19.0 Å². The van der Waals surface area contributed by atoms with Crippen LogP contribution in [0, 0.1) is 24.5 Å². The molecule has 4 heterocycles. The molecule has 6 aromatic rings. The van der Waals surface area contributed by atoms with Crippen molar-refractivity contribution in [3.8, 4) is 5.69 Å². The van der Waals surface area contributed by atoms with Gasteiger partial charge in [0.05, 0.1) is 39.3 Å². The monoisotopic (exact) mass is 819 g/mol. The van der Waals surface area contributed by atoms with Crippen LogP contribution < -0.4 is 15.6 Å². The lowest BCUT2D eigenvalue weighted by molar-refractivity contribution is -0.123. The van der Waals surface area contributed by atoms with E-state index in [1.807, 2.05) is 0 Å². The molecule has 1 saturated carbocycles. The van der Waals surface area contributed by atoms with E-state index < -0.39 is 87.7 Å². The normalized spacial score (nSPS) is 17.7. The smallest absolute Gasteiger partial charge is 0.293 e. The Labute approximate surface area is 317 Å². The molecule has 0 radical (unpaired) electrons. The highest BCUT2D eigenvalue weighted by Crippen LogP contribution is 2.68. The number of halogens is 7. The first-order valence-electron chi connectivity index (χ1n) is 16.9. The molecule has 3 atom stereocenters. The van der Waals surface area contributed by atoms with Gasteiger partial charge < -0.3 is 5.32 Å². The second-order valence-corrected chi connectivity index (χ2v) is 16.0. The molecule has 8 rings (SSSR count). The van der Waals surface area contributed by atoms with E-state index in [4.69, 9.17) is 11.6 Å². The summed E-state index contributed by atoms with van der Waals surface area (Å²) in [5.41, 5.74) is -2.21. The second kappa shape index (κ2) is 13.0. The largest absolute Gasteiger partial charge is 0.344 e. The zero-order valence-electron chi connectivity index (χ0n) is 29.3. The quantitative estimate of drug-likeness (QED) is 0.166. The molecule has 2 aromatic carbocycles. The summed E-state index contributed by atoms with van der Waals surface area (Å²) in [7, 11) is -2.44. The Balaban J connectivity index is 1.32. The Morgan fingerprint density at radius 2 is 1.79 bits per heavy atom. The number of pyridine rings is 1. The molecular weight excluding hydrogens is 792 g/mol. The van der Waals surface area contributed by atoms with E-state index in [1.165, 1.54) is 29.9 Å². The van der Waals surface area contributed by atoms with Gasteiger partial charge in [-0.15, -0.1) is 0 Å². The fraction of sp³-hybridized carbons (Fsp3) is 0.314. The maximum Gasteiger partial charge on any atom is 0.293 e. The summed E-state index contributed by atoms with van der Waals surface area (Å²) in [5.74, 6) is -8.99. The van der Waals surface area contributed by atoms with Gasteiger partial charge >= 0.3 is 0 Å². The van der Waals surface area contributed by atoms with E-state index in [0.717, 1.165) is 23.0 Å². The molecule has 0 unspecified atom stereocenters. The molecule has 0 bridgehead atoms. The fourth-order valence-electron chi connectivity index (χ4n) is 7.56. The number of hydrogen-bond acceptors (Lipinski definition) is 8. The number of carbonyl (C=O) groups excluding carboxylic acids is 1. The number of aryl methyl sites for hydroxylation is 2. The number of carbonyl (C=O) groups is 1. The van der Waals surface area contributed by atoms with Crippen molar-refractivity contribution in [1.82, 2.24) is 39.4 Å². The van der Waals surface area contributed by atoms with E-state index in [2.05, 4.69) is 30.2 Å². The van der Waals surface area contributed by atoms with Crippen LogP contribution in [-0.4, -0.2) is 54.7 Å². The second-order valence-electron chi connectivity index (χ2n) is 13.9. The lowest BCUT2D eigenvalue weighted by Crippen LogP contribution is -2.38. The summed E-state index contributed by atoms with van der Waals surface area (Å²) in [6, 6.07) is 6.84. The van der Waals surface area contributed by atoms with Crippen molar-refractivity contribution < 1.29 is 39.6 Å². The predicted octanol–water partition coefficient (Wildman–Crippen LogP) is 5.72. The molecule has 292 valence electrons. The highest BCUT2D eigenvalue weighted by Gasteiger charge is 2.67. The number of hydrogen-bond donors (Lipinski definition) is 2. The summed E-state index contributed by atoms with van der Waals surface area (Å²) in [6.45, 7) is 0.659. The van der Waals surface area contributed by atoms with Crippen molar-refractivity contribution in [3.05, 3.63) is 104 Å². The molecule has 21 heteroatoms. The molecule has 4 aromatic heterocycles. The number of alkyl halides is 4. The molecule has 56 heavy (non-hydrogen) atoms. The van der Waals surface area contributed by atoms with Crippen LogP contribution in [0.5, 0.6) is 0 Å². The van der Waals surface area contributed by atoms with Crippen molar-refractivity contribution in [1.29, 1.82) is 0 Å². The van der Waals surface area contributed by atoms with Gasteiger partial charge in [-0.1, -0.05) is 11.6 Å². The minimum atomic E-state index is -3.89. The van der Waals surface area contributed by atoms with Gasteiger partial charge in [0.2, 0.25) is 15.9 Å². The summed E-state index contributed by atoms with van der Waals surface area (Å²) in [6.07, 6.45) is -2.74. The summed E-state index contributed by atoms with van der Waals surface area (Å²) in [4.78, 5) is 37.5. The number of fused-ring (bicyclic) bond motifs is 5. The first-order valence-corrected chi connectivity index (χ1v) is 19.1. The van der Waals surface area contributed by atoms with Gasteiger partial charge in [0.1, 0.15) is 35.4 Å². The first-order chi connectivity index (χ1) is 26.3. The van der Waals surface area contributed by atoms with Crippen LogP contribution in [-0.2, 0) is 40.8 Å². The van der Waals surface area contributed by atoms with Crippen LogP contribution in [0.25, 0.3) is 27.6 Å². The number of sulfonamides is 1. The minimum absolute atomic E-state index is 0.00297. The number of rotatable bonds is 10. The third kappa shape index (κ3) is 6.33. The fourth-order valence-corrected chi connectivity index (χ4v) is 8.29. The molecule has 0 spiro atoms. The summed E-state index contributed by atoms with van der Waals surface area (Å²) >= 11 is 6.56. The standard InChI is InChI=1S/C35H28ClF6N9O4S/c1-14-4-5-18-31(43-14)45-33(51(34(18)53)23-7-6-21(36)26-28(23)49(2)47-32(26)48-56(3,54)55)22(10-15-8-16(37)11-17(38)9-15)44-24(52)13-50-29-25(27(46-50)30(39)40)19-12-20(19)35(29,41)42/h4-9,11,19-20,22,30H,10,12-13H2,1-3H3,(H,44,52)(H,47,48)/t19-,20+,22+/m1/s1. The number of benzene rings is 2. The summed E-state index contributed by atoms with van der Waals surface area (Å²) < 4.78 is 118. The first kappa shape index (κ1) is 37.4. The Hall–Kier alpha value is -5.50. The van der Waals surface area contributed by atoms with Gasteiger partial charge in [-0.3, -0.25) is 28.2 Å². The molecular formula is C35H28ClF6N9O4S. The zero-order valence-corrected chi connectivity index (χ0v) is 30.9. The van der Waals surface area contributed by atoms with Crippen molar-refractivity contribution in [2.24, 2.45) is 13.0 Å². The zero-order chi connectivity index (χ0) is 40.2. The maximum atomic E-state index is 15.4. The van der Waals surface area contributed by atoms with Crippen molar-refractivity contribution >= 4 is 55.3 Å². The molecule has 2 N–H and O–H groups in total. The minimum Gasteiger partial charge on any atom is -0.344 e. The van der Waals surface area contributed by atoms with E-state index in [-0.39, 0.29) is 61.8 Å². The van der Waals surface area contributed by atoms with Gasteiger partial charge in [0.25, 0.3) is 17.9 Å². The Kier molecular flexibility index (Phi) is 8.71. The number of anilines is 1. The molecule has 0 saturated heterocycles. The third-order valence-corrected chi connectivity index (χ3v) is 10.7. The van der Waals surface area contributed by atoms with Crippen LogP contribution >= 0.6 is 11.6 Å². The molecule has 1 fully saturated rings. The SMILES string of the molecule is Cc1ccc2c(=O)n(-c3ccc(Cl)c4c(NS(C)(=O)=O)nn(C)c34)c([C@H](Cc3cc(F)cc(F)c3)NC(=O)Cn3nc(C(F)F)c4c3C(F)(F)[C@H]3C[C@@H]43)nc2n1. The van der Waals surface area contributed by atoms with Gasteiger partial charge in [0, 0.05) is 36.7 Å². The highest BCUT2D eigenvalue weighted by atomic mass is 35.5. The van der Waals surface area contributed by atoms with Crippen LogP contribution in [0.1, 0.15) is 58.8 Å². The van der Waals surface area contributed by atoms with Gasteiger partial charge in [-0.05, 0) is 61.2 Å².